The topological polar surface area (TPSA) is 38.8 Å². The van der Waals surface area contributed by atoms with Crippen LogP contribution in [-0.2, 0) is 9.47 Å². The van der Waals surface area contributed by atoms with Crippen molar-refractivity contribution in [1.82, 2.24) is 4.90 Å². The standard InChI is InChI=1S/C14H15Cl2NO3/c15-11-4-1-3-10(12(11)16)13(18)17-6-2-5-14(9-17)19-7-8-20-14/h1,3-4H,2,5-9H2. The molecule has 2 saturated heterocycles. The van der Waals surface area contributed by atoms with E-state index >= 15 is 0 Å². The fourth-order valence-electron chi connectivity index (χ4n) is 2.73. The maximum absolute atomic E-state index is 12.6. The van der Waals surface area contributed by atoms with Crippen LogP contribution in [0.2, 0.25) is 10.0 Å². The van der Waals surface area contributed by atoms with E-state index < -0.39 is 5.79 Å². The zero-order valence-corrected chi connectivity index (χ0v) is 12.4. The molecule has 2 aliphatic heterocycles. The predicted molar refractivity (Wildman–Crippen MR) is 76.2 cm³/mol. The average molecular weight is 316 g/mol. The first-order chi connectivity index (χ1) is 9.61. The molecule has 108 valence electrons. The van der Waals surface area contributed by atoms with Gasteiger partial charge in [-0.05, 0) is 18.6 Å². The number of rotatable bonds is 1. The molecule has 0 unspecified atom stereocenters. The second-order valence-corrected chi connectivity index (χ2v) is 5.82. The second kappa shape index (κ2) is 5.53. The number of carbonyl (C=O) groups excluding carboxylic acids is 1. The molecule has 0 N–H and O–H groups in total. The summed E-state index contributed by atoms with van der Waals surface area (Å²) in [5, 5.41) is 0.685. The molecule has 2 fully saturated rings. The van der Waals surface area contributed by atoms with E-state index in [1.807, 2.05) is 0 Å². The Morgan fingerprint density at radius 3 is 2.75 bits per heavy atom. The molecule has 3 rings (SSSR count). The summed E-state index contributed by atoms with van der Waals surface area (Å²) in [6, 6.07) is 5.08. The van der Waals surface area contributed by atoms with Crippen molar-refractivity contribution in [1.29, 1.82) is 0 Å². The highest BCUT2D eigenvalue weighted by Gasteiger charge is 2.42. The Bertz CT molecular complexity index is 529. The Hall–Kier alpha value is -0.810. The van der Waals surface area contributed by atoms with Gasteiger partial charge in [-0.25, -0.2) is 0 Å². The molecule has 0 atom stereocenters. The van der Waals surface area contributed by atoms with Crippen LogP contribution in [0.3, 0.4) is 0 Å². The van der Waals surface area contributed by atoms with Crippen LogP contribution in [-0.4, -0.2) is 42.9 Å². The maximum Gasteiger partial charge on any atom is 0.255 e. The van der Waals surface area contributed by atoms with E-state index in [4.69, 9.17) is 32.7 Å². The monoisotopic (exact) mass is 315 g/mol. The van der Waals surface area contributed by atoms with E-state index in [-0.39, 0.29) is 5.91 Å². The minimum Gasteiger partial charge on any atom is -0.346 e. The highest BCUT2D eigenvalue weighted by Crippen LogP contribution is 2.32. The summed E-state index contributed by atoms with van der Waals surface area (Å²) >= 11 is 12.1. The van der Waals surface area contributed by atoms with Gasteiger partial charge in [-0.3, -0.25) is 4.79 Å². The molecular formula is C14H15Cl2NO3. The quantitative estimate of drug-likeness (QED) is 0.799. The van der Waals surface area contributed by atoms with Crippen LogP contribution in [0.4, 0.5) is 0 Å². The van der Waals surface area contributed by atoms with Crippen LogP contribution in [0.1, 0.15) is 23.2 Å². The molecule has 0 aromatic heterocycles. The van der Waals surface area contributed by atoms with Gasteiger partial charge in [-0.1, -0.05) is 29.3 Å². The minimum atomic E-state index is -0.626. The minimum absolute atomic E-state index is 0.129. The lowest BCUT2D eigenvalue weighted by Gasteiger charge is -2.38. The molecular weight excluding hydrogens is 301 g/mol. The second-order valence-electron chi connectivity index (χ2n) is 5.04. The van der Waals surface area contributed by atoms with Gasteiger partial charge in [-0.15, -0.1) is 0 Å². The molecule has 2 aliphatic rings. The first-order valence-corrected chi connectivity index (χ1v) is 7.38. The molecule has 1 spiro atoms. The maximum atomic E-state index is 12.6. The number of benzene rings is 1. The van der Waals surface area contributed by atoms with Gasteiger partial charge in [0.05, 0.1) is 35.4 Å². The average Bonchev–Trinajstić information content (AvgIpc) is 2.89. The molecule has 2 heterocycles. The molecule has 1 aromatic carbocycles. The first kappa shape index (κ1) is 14.1. The largest absolute Gasteiger partial charge is 0.346 e. The fourth-order valence-corrected chi connectivity index (χ4v) is 3.11. The Morgan fingerprint density at radius 2 is 2.00 bits per heavy atom. The van der Waals surface area contributed by atoms with E-state index in [0.717, 1.165) is 12.8 Å². The van der Waals surface area contributed by atoms with E-state index in [2.05, 4.69) is 0 Å². The molecule has 0 radical (unpaired) electrons. The van der Waals surface area contributed by atoms with E-state index in [1.165, 1.54) is 0 Å². The smallest absolute Gasteiger partial charge is 0.255 e. The third-order valence-corrected chi connectivity index (χ3v) is 4.52. The Labute approximate surface area is 127 Å². The summed E-state index contributed by atoms with van der Waals surface area (Å²) in [5.74, 6) is -0.755. The molecule has 4 nitrogen and oxygen atoms in total. The summed E-state index contributed by atoms with van der Waals surface area (Å²) in [6.45, 7) is 2.28. The third kappa shape index (κ3) is 2.53. The number of likely N-dealkylation sites (tertiary alicyclic amines) is 1. The normalized spacial score (nSPS) is 21.4. The van der Waals surface area contributed by atoms with Crippen molar-refractivity contribution in [2.45, 2.75) is 18.6 Å². The molecule has 1 aromatic rings. The highest BCUT2D eigenvalue weighted by molar-refractivity contribution is 6.43. The Morgan fingerprint density at radius 1 is 1.25 bits per heavy atom. The molecule has 0 saturated carbocycles. The van der Waals surface area contributed by atoms with Crippen molar-refractivity contribution in [3.8, 4) is 0 Å². The molecule has 0 aliphatic carbocycles. The van der Waals surface area contributed by atoms with Gasteiger partial charge in [0.25, 0.3) is 5.91 Å². The molecule has 6 heteroatoms. The van der Waals surface area contributed by atoms with Crippen LogP contribution >= 0.6 is 23.2 Å². The first-order valence-electron chi connectivity index (χ1n) is 6.62. The number of ether oxygens (including phenoxy) is 2. The van der Waals surface area contributed by atoms with Crippen molar-refractivity contribution < 1.29 is 14.3 Å². The fraction of sp³-hybridized carbons (Fsp3) is 0.500. The van der Waals surface area contributed by atoms with Crippen LogP contribution in [0.25, 0.3) is 0 Å². The van der Waals surface area contributed by atoms with Crippen LogP contribution < -0.4 is 0 Å². The summed E-state index contributed by atoms with van der Waals surface area (Å²) in [4.78, 5) is 14.3. The molecule has 20 heavy (non-hydrogen) atoms. The zero-order chi connectivity index (χ0) is 14.2. The Kier molecular flexibility index (Phi) is 3.91. The number of amides is 1. The van der Waals surface area contributed by atoms with Crippen LogP contribution in [0, 0.1) is 0 Å². The van der Waals surface area contributed by atoms with Crippen molar-refractivity contribution in [3.05, 3.63) is 33.8 Å². The predicted octanol–water partition coefficient (Wildman–Crippen LogP) is 2.97. The lowest BCUT2D eigenvalue weighted by Crippen LogP contribution is -2.51. The van der Waals surface area contributed by atoms with Gasteiger partial charge < -0.3 is 14.4 Å². The van der Waals surface area contributed by atoms with Gasteiger partial charge in [0.1, 0.15) is 0 Å². The number of hydrogen-bond donors (Lipinski definition) is 0. The van der Waals surface area contributed by atoms with Crippen molar-refractivity contribution >= 4 is 29.1 Å². The summed E-state index contributed by atoms with van der Waals surface area (Å²) in [5.41, 5.74) is 0.425. The van der Waals surface area contributed by atoms with E-state index in [0.29, 0.717) is 41.9 Å². The lowest BCUT2D eigenvalue weighted by atomic mass is 10.0. The summed E-state index contributed by atoms with van der Waals surface area (Å²) in [6.07, 6.45) is 1.67. The van der Waals surface area contributed by atoms with Gasteiger partial charge in [0, 0.05) is 13.0 Å². The summed E-state index contributed by atoms with van der Waals surface area (Å²) in [7, 11) is 0. The van der Waals surface area contributed by atoms with E-state index in [1.54, 1.807) is 23.1 Å². The molecule has 1 amide bonds. The number of nitrogens with zero attached hydrogens (tertiary/aromatic N) is 1. The number of hydrogen-bond acceptors (Lipinski definition) is 3. The van der Waals surface area contributed by atoms with Gasteiger partial charge >= 0.3 is 0 Å². The van der Waals surface area contributed by atoms with Crippen LogP contribution in [0.5, 0.6) is 0 Å². The highest BCUT2D eigenvalue weighted by atomic mass is 35.5. The van der Waals surface area contributed by atoms with Gasteiger partial charge in [0.15, 0.2) is 5.79 Å². The molecule has 0 bridgehead atoms. The van der Waals surface area contributed by atoms with E-state index in [9.17, 15) is 4.79 Å². The van der Waals surface area contributed by atoms with Gasteiger partial charge in [0.2, 0.25) is 0 Å². The van der Waals surface area contributed by atoms with Crippen molar-refractivity contribution in [3.63, 3.8) is 0 Å². The number of piperidine rings is 1. The Balaban J connectivity index is 1.81. The number of carbonyl (C=O) groups is 1. The van der Waals surface area contributed by atoms with Crippen LogP contribution in [0.15, 0.2) is 18.2 Å². The van der Waals surface area contributed by atoms with Crippen molar-refractivity contribution in [2.75, 3.05) is 26.3 Å². The van der Waals surface area contributed by atoms with Gasteiger partial charge in [-0.2, -0.15) is 0 Å². The SMILES string of the molecule is O=C(c1cccc(Cl)c1Cl)N1CCCC2(C1)OCCO2. The summed E-state index contributed by atoms with van der Waals surface area (Å²) < 4.78 is 11.4. The lowest BCUT2D eigenvalue weighted by molar-refractivity contribution is -0.183. The number of halogens is 2. The van der Waals surface area contributed by atoms with Crippen molar-refractivity contribution in [2.24, 2.45) is 0 Å². The zero-order valence-electron chi connectivity index (χ0n) is 10.9. The third-order valence-electron chi connectivity index (χ3n) is 3.70.